The number of hydrogen-bond donors (Lipinski definition) is 0. The molecule has 0 aliphatic carbocycles. The predicted molar refractivity (Wildman–Crippen MR) is 82.2 cm³/mol. The van der Waals surface area contributed by atoms with Crippen LogP contribution < -0.4 is 0 Å². The Bertz CT molecular complexity index is 834. The maximum Gasteiger partial charge on any atom is 0.416 e. The highest BCUT2D eigenvalue weighted by Crippen LogP contribution is 2.30. The molecule has 0 spiro atoms. The summed E-state index contributed by atoms with van der Waals surface area (Å²) in [4.78, 5) is 8.89. The average Bonchev–Trinajstić information content (AvgIpc) is 2.86. The van der Waals surface area contributed by atoms with Crippen molar-refractivity contribution in [1.29, 1.82) is 0 Å². The van der Waals surface area contributed by atoms with Crippen LogP contribution in [0.4, 0.5) is 13.2 Å². The lowest BCUT2D eigenvalue weighted by Gasteiger charge is -2.13. The molecular formula is C17H16F3N3. The first-order valence-electron chi connectivity index (χ1n) is 7.33. The minimum Gasteiger partial charge on any atom is -0.308 e. The zero-order valence-corrected chi connectivity index (χ0v) is 12.8. The maximum absolute atomic E-state index is 12.9. The molecule has 2 heterocycles. The summed E-state index contributed by atoms with van der Waals surface area (Å²) in [5.74, 6) is 0.964. The Labute approximate surface area is 131 Å². The summed E-state index contributed by atoms with van der Waals surface area (Å²) >= 11 is 0. The molecule has 1 aromatic carbocycles. The minimum atomic E-state index is -4.34. The Morgan fingerprint density at radius 3 is 2.61 bits per heavy atom. The second-order valence-electron chi connectivity index (χ2n) is 5.76. The Morgan fingerprint density at radius 2 is 1.91 bits per heavy atom. The molecule has 0 unspecified atom stereocenters. The Kier molecular flexibility index (Phi) is 3.83. The van der Waals surface area contributed by atoms with Gasteiger partial charge in [0.2, 0.25) is 0 Å². The second kappa shape index (κ2) is 5.68. The monoisotopic (exact) mass is 319 g/mol. The molecule has 3 nitrogen and oxygen atoms in total. The first kappa shape index (κ1) is 15.5. The van der Waals surface area contributed by atoms with Gasteiger partial charge in [-0.15, -0.1) is 0 Å². The molecule has 0 saturated heterocycles. The van der Waals surface area contributed by atoms with E-state index in [0.717, 1.165) is 17.4 Å². The van der Waals surface area contributed by atoms with E-state index in [4.69, 9.17) is 0 Å². The molecule has 6 heteroatoms. The number of alkyl halides is 3. The molecule has 0 amide bonds. The fourth-order valence-corrected chi connectivity index (χ4v) is 2.60. The zero-order valence-electron chi connectivity index (χ0n) is 12.8. The quantitative estimate of drug-likeness (QED) is 0.705. The summed E-state index contributed by atoms with van der Waals surface area (Å²) in [6.07, 6.45) is -2.68. The third-order valence-electron chi connectivity index (χ3n) is 3.64. The van der Waals surface area contributed by atoms with E-state index in [0.29, 0.717) is 17.8 Å². The number of imidazole rings is 1. The van der Waals surface area contributed by atoms with Crippen LogP contribution in [0.1, 0.15) is 36.7 Å². The van der Waals surface area contributed by atoms with Crippen molar-refractivity contribution in [3.63, 3.8) is 0 Å². The van der Waals surface area contributed by atoms with Gasteiger partial charge in [-0.05, 0) is 29.8 Å². The minimum absolute atomic E-state index is 0.148. The third kappa shape index (κ3) is 3.06. The van der Waals surface area contributed by atoms with Gasteiger partial charge in [0.05, 0.1) is 12.1 Å². The molecule has 0 saturated carbocycles. The van der Waals surface area contributed by atoms with E-state index in [1.54, 1.807) is 18.3 Å². The molecule has 23 heavy (non-hydrogen) atoms. The van der Waals surface area contributed by atoms with E-state index >= 15 is 0 Å². The van der Waals surface area contributed by atoms with Gasteiger partial charge in [-0.3, -0.25) is 0 Å². The van der Waals surface area contributed by atoms with Crippen LogP contribution >= 0.6 is 0 Å². The van der Waals surface area contributed by atoms with E-state index in [9.17, 15) is 13.2 Å². The van der Waals surface area contributed by atoms with Crippen LogP contribution in [0.3, 0.4) is 0 Å². The van der Waals surface area contributed by atoms with Crippen molar-refractivity contribution in [2.75, 3.05) is 0 Å². The van der Waals surface area contributed by atoms with E-state index in [1.807, 2.05) is 24.5 Å². The van der Waals surface area contributed by atoms with Crippen molar-refractivity contribution in [1.82, 2.24) is 14.5 Å². The van der Waals surface area contributed by atoms with Crippen LogP contribution in [0, 0.1) is 0 Å². The highest BCUT2D eigenvalue weighted by Gasteiger charge is 2.30. The Balaban J connectivity index is 2.06. The molecule has 0 aliphatic rings. The molecule has 2 aromatic heterocycles. The summed E-state index contributed by atoms with van der Waals surface area (Å²) in [6.45, 7) is 4.32. The molecule has 0 fully saturated rings. The number of nitrogens with zero attached hydrogens (tertiary/aromatic N) is 3. The zero-order chi connectivity index (χ0) is 16.6. The lowest BCUT2D eigenvalue weighted by atomic mass is 10.1. The molecular weight excluding hydrogens is 303 g/mol. The summed E-state index contributed by atoms with van der Waals surface area (Å²) < 4.78 is 40.5. The SMILES string of the molecule is CC(C)c1nc2cccnc2n1Cc1cccc(C(F)(F)F)c1. The van der Waals surface area contributed by atoms with Crippen LogP contribution in [-0.4, -0.2) is 14.5 Å². The van der Waals surface area contributed by atoms with Crippen molar-refractivity contribution < 1.29 is 13.2 Å². The number of halogens is 3. The molecule has 120 valence electrons. The van der Waals surface area contributed by atoms with Gasteiger partial charge >= 0.3 is 6.18 Å². The Morgan fingerprint density at radius 1 is 1.13 bits per heavy atom. The lowest BCUT2D eigenvalue weighted by molar-refractivity contribution is -0.137. The summed E-state index contributed by atoms with van der Waals surface area (Å²) in [6, 6.07) is 9.04. The summed E-state index contributed by atoms with van der Waals surface area (Å²) in [5, 5.41) is 0. The van der Waals surface area contributed by atoms with E-state index in [1.165, 1.54) is 12.1 Å². The van der Waals surface area contributed by atoms with Crippen molar-refractivity contribution in [3.8, 4) is 0 Å². The number of benzene rings is 1. The van der Waals surface area contributed by atoms with Gasteiger partial charge < -0.3 is 4.57 Å². The van der Waals surface area contributed by atoms with Crippen molar-refractivity contribution in [2.24, 2.45) is 0 Å². The maximum atomic E-state index is 12.9. The summed E-state index contributed by atoms with van der Waals surface area (Å²) in [5.41, 5.74) is 1.38. The van der Waals surface area contributed by atoms with E-state index in [2.05, 4.69) is 9.97 Å². The fraction of sp³-hybridized carbons (Fsp3) is 0.294. The Hall–Kier alpha value is -2.37. The van der Waals surface area contributed by atoms with Crippen LogP contribution in [0.25, 0.3) is 11.2 Å². The average molecular weight is 319 g/mol. The second-order valence-corrected chi connectivity index (χ2v) is 5.76. The largest absolute Gasteiger partial charge is 0.416 e. The predicted octanol–water partition coefficient (Wildman–Crippen LogP) is 4.62. The van der Waals surface area contributed by atoms with Gasteiger partial charge in [0.25, 0.3) is 0 Å². The number of hydrogen-bond acceptors (Lipinski definition) is 2. The van der Waals surface area contributed by atoms with Gasteiger partial charge in [-0.25, -0.2) is 9.97 Å². The third-order valence-corrected chi connectivity index (χ3v) is 3.64. The van der Waals surface area contributed by atoms with Gasteiger partial charge in [0, 0.05) is 12.1 Å². The number of fused-ring (bicyclic) bond motifs is 1. The first-order chi connectivity index (χ1) is 10.9. The van der Waals surface area contributed by atoms with E-state index < -0.39 is 11.7 Å². The van der Waals surface area contributed by atoms with Crippen molar-refractivity contribution in [2.45, 2.75) is 32.5 Å². The molecule has 0 N–H and O–H groups in total. The number of aromatic nitrogens is 3. The number of pyridine rings is 1. The fourth-order valence-electron chi connectivity index (χ4n) is 2.60. The summed E-state index contributed by atoms with van der Waals surface area (Å²) in [7, 11) is 0. The molecule has 0 bridgehead atoms. The number of rotatable bonds is 3. The van der Waals surface area contributed by atoms with Gasteiger partial charge in [0.15, 0.2) is 5.65 Å². The van der Waals surface area contributed by atoms with Crippen LogP contribution in [-0.2, 0) is 12.7 Å². The normalized spacial score (nSPS) is 12.3. The lowest BCUT2D eigenvalue weighted by Crippen LogP contribution is -2.09. The molecule has 0 atom stereocenters. The molecule has 0 radical (unpaired) electrons. The standard InChI is InChI=1S/C17H16F3N3/c1-11(2)15-22-14-7-4-8-21-16(14)23(15)10-12-5-3-6-13(9-12)17(18,19)20/h3-9,11H,10H2,1-2H3. The highest BCUT2D eigenvalue weighted by atomic mass is 19.4. The highest BCUT2D eigenvalue weighted by molar-refractivity contribution is 5.71. The topological polar surface area (TPSA) is 30.7 Å². The van der Waals surface area contributed by atoms with Gasteiger partial charge in [-0.1, -0.05) is 26.0 Å². The van der Waals surface area contributed by atoms with Crippen LogP contribution in [0.15, 0.2) is 42.6 Å². The van der Waals surface area contributed by atoms with Crippen molar-refractivity contribution in [3.05, 3.63) is 59.5 Å². The van der Waals surface area contributed by atoms with Crippen LogP contribution in [0.5, 0.6) is 0 Å². The van der Waals surface area contributed by atoms with Crippen LogP contribution in [0.2, 0.25) is 0 Å². The first-order valence-corrected chi connectivity index (χ1v) is 7.33. The van der Waals surface area contributed by atoms with Gasteiger partial charge in [-0.2, -0.15) is 13.2 Å². The van der Waals surface area contributed by atoms with Gasteiger partial charge in [0.1, 0.15) is 11.3 Å². The smallest absolute Gasteiger partial charge is 0.308 e. The molecule has 0 aliphatic heterocycles. The molecule has 3 rings (SSSR count). The van der Waals surface area contributed by atoms with E-state index in [-0.39, 0.29) is 5.92 Å². The molecule has 3 aromatic rings. The van der Waals surface area contributed by atoms with Crippen molar-refractivity contribution >= 4 is 11.2 Å².